The van der Waals surface area contributed by atoms with Crippen molar-refractivity contribution < 1.29 is 4.79 Å². The van der Waals surface area contributed by atoms with Gasteiger partial charge in [-0.1, -0.05) is 18.2 Å². The molecule has 0 spiro atoms. The summed E-state index contributed by atoms with van der Waals surface area (Å²) in [6.07, 6.45) is 9.90. The zero-order chi connectivity index (χ0) is 16.6. The first kappa shape index (κ1) is 15.8. The van der Waals surface area contributed by atoms with Gasteiger partial charge in [0.05, 0.1) is 12.0 Å². The third-order valence-corrected chi connectivity index (χ3v) is 3.62. The number of hydrogen-bond donors (Lipinski definition) is 2. The Morgan fingerprint density at radius 3 is 2.79 bits per heavy atom. The summed E-state index contributed by atoms with van der Waals surface area (Å²) < 4.78 is 3.78. The third-order valence-electron chi connectivity index (χ3n) is 3.62. The van der Waals surface area contributed by atoms with Crippen LogP contribution in [0.4, 0.5) is 4.79 Å². The standard InChI is InChI=1S/C17H20N6O/c24-17(19-7-3-10-22-12-9-18-14-22)20-13-15-5-1-2-6-16(15)23-11-4-8-21-23/h1-2,4-6,8-9,11-12,14H,3,7,10,13H2,(H2,19,20,24). The molecule has 0 fully saturated rings. The molecular weight excluding hydrogens is 304 g/mol. The number of rotatable bonds is 7. The Morgan fingerprint density at radius 1 is 1.08 bits per heavy atom. The van der Waals surface area contributed by atoms with Crippen LogP contribution in [0.25, 0.3) is 5.69 Å². The van der Waals surface area contributed by atoms with Gasteiger partial charge in [0.25, 0.3) is 0 Å². The molecule has 0 unspecified atom stereocenters. The van der Waals surface area contributed by atoms with E-state index in [4.69, 9.17) is 0 Å². The van der Waals surface area contributed by atoms with Crippen LogP contribution in [-0.4, -0.2) is 31.9 Å². The fraction of sp³-hybridized carbons (Fsp3) is 0.235. The molecule has 2 amide bonds. The van der Waals surface area contributed by atoms with Gasteiger partial charge in [0.2, 0.25) is 0 Å². The van der Waals surface area contributed by atoms with E-state index in [1.165, 1.54) is 0 Å². The van der Waals surface area contributed by atoms with Gasteiger partial charge in [-0.05, 0) is 24.1 Å². The van der Waals surface area contributed by atoms with Crippen LogP contribution in [0.2, 0.25) is 0 Å². The summed E-state index contributed by atoms with van der Waals surface area (Å²) in [6, 6.07) is 9.57. The monoisotopic (exact) mass is 324 g/mol. The van der Waals surface area contributed by atoms with Crippen LogP contribution >= 0.6 is 0 Å². The Kier molecular flexibility index (Phi) is 5.24. The molecule has 0 atom stereocenters. The molecule has 0 saturated carbocycles. The second-order valence-electron chi connectivity index (χ2n) is 5.34. The summed E-state index contributed by atoms with van der Waals surface area (Å²) in [7, 11) is 0. The fourth-order valence-electron chi connectivity index (χ4n) is 2.42. The fourth-order valence-corrected chi connectivity index (χ4v) is 2.42. The first-order chi connectivity index (χ1) is 11.8. The average Bonchev–Trinajstić information content (AvgIpc) is 3.30. The zero-order valence-corrected chi connectivity index (χ0v) is 13.3. The Balaban J connectivity index is 1.45. The van der Waals surface area contributed by atoms with Crippen LogP contribution in [0.3, 0.4) is 0 Å². The summed E-state index contributed by atoms with van der Waals surface area (Å²) in [5.74, 6) is 0. The number of carbonyl (C=O) groups is 1. The van der Waals surface area contributed by atoms with E-state index < -0.39 is 0 Å². The van der Waals surface area contributed by atoms with Crippen molar-refractivity contribution in [3.8, 4) is 5.69 Å². The van der Waals surface area contributed by atoms with E-state index >= 15 is 0 Å². The van der Waals surface area contributed by atoms with Gasteiger partial charge in [0, 0.05) is 44.4 Å². The topological polar surface area (TPSA) is 76.8 Å². The number of nitrogens with zero attached hydrogens (tertiary/aromatic N) is 4. The van der Waals surface area contributed by atoms with Gasteiger partial charge in [0.15, 0.2) is 0 Å². The van der Waals surface area contributed by atoms with Crippen molar-refractivity contribution in [1.82, 2.24) is 30.0 Å². The minimum atomic E-state index is -0.170. The summed E-state index contributed by atoms with van der Waals surface area (Å²) >= 11 is 0. The molecule has 0 radical (unpaired) electrons. The van der Waals surface area contributed by atoms with E-state index in [1.807, 2.05) is 47.3 Å². The number of hydrogen-bond acceptors (Lipinski definition) is 3. The van der Waals surface area contributed by atoms with Crippen molar-refractivity contribution in [3.63, 3.8) is 0 Å². The van der Waals surface area contributed by atoms with E-state index in [0.717, 1.165) is 24.2 Å². The Labute approximate surface area is 140 Å². The maximum atomic E-state index is 11.9. The van der Waals surface area contributed by atoms with E-state index in [-0.39, 0.29) is 6.03 Å². The number of nitrogens with one attached hydrogen (secondary N) is 2. The lowest BCUT2D eigenvalue weighted by molar-refractivity contribution is 0.240. The predicted molar refractivity (Wildman–Crippen MR) is 90.6 cm³/mol. The van der Waals surface area contributed by atoms with Gasteiger partial charge in [-0.15, -0.1) is 0 Å². The number of imidazole rings is 1. The zero-order valence-electron chi connectivity index (χ0n) is 13.3. The molecule has 0 aliphatic heterocycles. The van der Waals surface area contributed by atoms with Crippen molar-refractivity contribution in [3.05, 3.63) is 67.0 Å². The van der Waals surface area contributed by atoms with Crippen molar-refractivity contribution >= 4 is 6.03 Å². The van der Waals surface area contributed by atoms with Crippen LogP contribution in [0, 0.1) is 0 Å². The maximum absolute atomic E-state index is 11.9. The van der Waals surface area contributed by atoms with Gasteiger partial charge < -0.3 is 15.2 Å². The molecule has 3 aromatic rings. The van der Waals surface area contributed by atoms with Gasteiger partial charge in [-0.2, -0.15) is 5.10 Å². The summed E-state index contributed by atoms with van der Waals surface area (Å²) in [4.78, 5) is 15.9. The number of benzene rings is 1. The second kappa shape index (κ2) is 7.96. The minimum Gasteiger partial charge on any atom is -0.338 e. The molecule has 7 heteroatoms. The van der Waals surface area contributed by atoms with Crippen molar-refractivity contribution in [2.75, 3.05) is 6.54 Å². The van der Waals surface area contributed by atoms with Gasteiger partial charge in [0.1, 0.15) is 0 Å². The van der Waals surface area contributed by atoms with Gasteiger partial charge in [-0.3, -0.25) is 0 Å². The highest BCUT2D eigenvalue weighted by molar-refractivity contribution is 5.73. The average molecular weight is 324 g/mol. The van der Waals surface area contributed by atoms with Crippen LogP contribution in [0.1, 0.15) is 12.0 Å². The van der Waals surface area contributed by atoms with Crippen LogP contribution in [0.15, 0.2) is 61.4 Å². The highest BCUT2D eigenvalue weighted by Crippen LogP contribution is 2.12. The molecule has 124 valence electrons. The van der Waals surface area contributed by atoms with Crippen molar-refractivity contribution in [2.45, 2.75) is 19.5 Å². The SMILES string of the molecule is O=C(NCCCn1ccnc1)NCc1ccccc1-n1cccn1. The highest BCUT2D eigenvalue weighted by atomic mass is 16.2. The third kappa shape index (κ3) is 4.22. The molecule has 0 bridgehead atoms. The molecule has 7 nitrogen and oxygen atoms in total. The van der Waals surface area contributed by atoms with E-state index in [9.17, 15) is 4.79 Å². The molecule has 0 aliphatic carbocycles. The molecule has 2 aromatic heterocycles. The van der Waals surface area contributed by atoms with E-state index in [2.05, 4.69) is 20.7 Å². The smallest absolute Gasteiger partial charge is 0.315 e. The predicted octanol–water partition coefficient (Wildman–Crippen LogP) is 1.96. The molecule has 0 aliphatic rings. The number of para-hydroxylation sites is 1. The lowest BCUT2D eigenvalue weighted by atomic mass is 10.2. The lowest BCUT2D eigenvalue weighted by Crippen LogP contribution is -2.36. The highest BCUT2D eigenvalue weighted by Gasteiger charge is 2.06. The summed E-state index contributed by atoms with van der Waals surface area (Å²) in [5, 5.41) is 9.99. The van der Waals surface area contributed by atoms with Crippen LogP contribution in [-0.2, 0) is 13.1 Å². The second-order valence-corrected chi connectivity index (χ2v) is 5.34. The number of aromatic nitrogens is 4. The number of urea groups is 1. The molecule has 1 aromatic carbocycles. The van der Waals surface area contributed by atoms with E-state index in [0.29, 0.717) is 13.1 Å². The first-order valence-corrected chi connectivity index (χ1v) is 7.88. The van der Waals surface area contributed by atoms with Gasteiger partial charge >= 0.3 is 6.03 Å². The molecule has 3 rings (SSSR count). The maximum Gasteiger partial charge on any atom is 0.315 e. The largest absolute Gasteiger partial charge is 0.338 e. The molecular formula is C17H20N6O. The Hall–Kier alpha value is -3.09. The number of amides is 2. The normalized spacial score (nSPS) is 10.5. The van der Waals surface area contributed by atoms with Crippen molar-refractivity contribution in [2.24, 2.45) is 0 Å². The van der Waals surface area contributed by atoms with Crippen molar-refractivity contribution in [1.29, 1.82) is 0 Å². The number of carbonyl (C=O) groups excluding carboxylic acids is 1. The molecule has 24 heavy (non-hydrogen) atoms. The van der Waals surface area contributed by atoms with Crippen LogP contribution < -0.4 is 10.6 Å². The first-order valence-electron chi connectivity index (χ1n) is 7.88. The lowest BCUT2D eigenvalue weighted by Gasteiger charge is -2.11. The molecule has 0 saturated heterocycles. The summed E-state index contributed by atoms with van der Waals surface area (Å²) in [6.45, 7) is 1.90. The van der Waals surface area contributed by atoms with Crippen LogP contribution in [0.5, 0.6) is 0 Å². The Morgan fingerprint density at radius 2 is 2.00 bits per heavy atom. The van der Waals surface area contributed by atoms with Gasteiger partial charge in [-0.25, -0.2) is 14.5 Å². The Bertz CT molecular complexity index is 751. The minimum absolute atomic E-state index is 0.170. The molecule has 2 heterocycles. The number of aryl methyl sites for hydroxylation is 1. The van der Waals surface area contributed by atoms with E-state index in [1.54, 1.807) is 23.4 Å². The summed E-state index contributed by atoms with van der Waals surface area (Å²) in [5.41, 5.74) is 1.97. The quantitative estimate of drug-likeness (QED) is 0.652. The molecule has 2 N–H and O–H groups in total.